The monoisotopic (exact) mass is 427 g/mol. The second-order valence-corrected chi connectivity index (χ2v) is 6.99. The Kier molecular flexibility index (Phi) is 6.97. The van der Waals surface area contributed by atoms with Crippen LogP contribution in [0.1, 0.15) is 0 Å². The fourth-order valence-electron chi connectivity index (χ4n) is 2.67. The van der Waals surface area contributed by atoms with Gasteiger partial charge in [0.2, 0.25) is 16.3 Å². The second kappa shape index (κ2) is 9.84. The Morgan fingerprint density at radius 3 is 2.70 bits per heavy atom. The van der Waals surface area contributed by atoms with E-state index < -0.39 is 28.3 Å². The number of amides is 1. The maximum Gasteiger partial charge on any atom is 0.281 e. The molecule has 0 N–H and O–H groups in total. The van der Waals surface area contributed by atoms with Gasteiger partial charge in [0.25, 0.3) is 5.91 Å². The Bertz CT molecular complexity index is 1110. The van der Waals surface area contributed by atoms with Crippen molar-refractivity contribution in [1.82, 2.24) is 0 Å². The number of rotatable bonds is 7. The minimum Gasteiger partial charge on any atom is -0.382 e. The highest BCUT2D eigenvalue weighted by Crippen LogP contribution is 2.22. The summed E-state index contributed by atoms with van der Waals surface area (Å²) in [6, 6.07) is 9.27. The van der Waals surface area contributed by atoms with E-state index in [2.05, 4.69) is 15.3 Å². The molecule has 30 heavy (non-hydrogen) atoms. The molecule has 1 aliphatic heterocycles. The van der Waals surface area contributed by atoms with E-state index in [4.69, 9.17) is 9.47 Å². The lowest BCUT2D eigenvalue weighted by molar-refractivity contribution is -0.117. The van der Waals surface area contributed by atoms with Gasteiger partial charge in [0.1, 0.15) is 17.0 Å². The maximum atomic E-state index is 12.7. The Hall–Kier alpha value is -3.46. The predicted molar refractivity (Wildman–Crippen MR) is 108 cm³/mol. The fraction of sp³-hybridized carbons (Fsp3) is 0.263. The standard InChI is InChI=1S/C19H17N5O5S/c1-28-9-10-29-16-8-7-13(11-17(16)30(26)27)21-22-18-15(12-20)23-24(19(18)25)14-5-3-2-4-6-14/h2-8,11,16,18H,9-10H2,1H3. The van der Waals surface area contributed by atoms with Gasteiger partial charge < -0.3 is 9.47 Å². The van der Waals surface area contributed by atoms with Gasteiger partial charge in [-0.2, -0.15) is 34.0 Å². The van der Waals surface area contributed by atoms with Gasteiger partial charge in [0.05, 0.1) is 24.6 Å². The highest BCUT2D eigenvalue weighted by molar-refractivity contribution is 7.73. The number of ether oxygens (including phenoxy) is 2. The molecule has 2 aliphatic rings. The number of hydrogen-bond acceptors (Lipinski definition) is 9. The zero-order chi connectivity index (χ0) is 21.5. The average molecular weight is 427 g/mol. The first-order valence-electron chi connectivity index (χ1n) is 8.80. The molecule has 2 atom stereocenters. The molecule has 0 saturated heterocycles. The molecule has 1 heterocycles. The largest absolute Gasteiger partial charge is 0.382 e. The van der Waals surface area contributed by atoms with E-state index in [1.54, 1.807) is 30.3 Å². The molecule has 3 rings (SSSR count). The number of methoxy groups -OCH3 is 1. The number of hydrogen-bond donors (Lipinski definition) is 0. The summed E-state index contributed by atoms with van der Waals surface area (Å²) in [5, 5.41) is 22.3. The van der Waals surface area contributed by atoms with Crippen LogP contribution in [0.25, 0.3) is 0 Å². The molecule has 1 aromatic carbocycles. The van der Waals surface area contributed by atoms with Crippen molar-refractivity contribution in [2.24, 2.45) is 15.3 Å². The van der Waals surface area contributed by atoms with Crippen molar-refractivity contribution < 1.29 is 22.7 Å². The number of azo groups is 1. The lowest BCUT2D eigenvalue weighted by Crippen LogP contribution is -2.30. The van der Waals surface area contributed by atoms with Crippen LogP contribution in [-0.2, 0) is 24.6 Å². The molecule has 1 aliphatic carbocycles. The zero-order valence-electron chi connectivity index (χ0n) is 15.9. The number of benzene rings is 1. The third-order valence-electron chi connectivity index (χ3n) is 4.10. The van der Waals surface area contributed by atoms with E-state index in [9.17, 15) is 18.5 Å². The number of allylic oxidation sites excluding steroid dienone is 1. The molecular weight excluding hydrogens is 410 g/mol. The smallest absolute Gasteiger partial charge is 0.281 e. The summed E-state index contributed by atoms with van der Waals surface area (Å²) in [7, 11) is -1.03. The first kappa shape index (κ1) is 21.3. The number of anilines is 1. The lowest BCUT2D eigenvalue weighted by Gasteiger charge is -2.15. The number of nitriles is 1. The Morgan fingerprint density at radius 1 is 1.27 bits per heavy atom. The molecule has 11 heteroatoms. The van der Waals surface area contributed by atoms with Crippen LogP contribution in [0.3, 0.4) is 0 Å². The number of carbonyl (C=O) groups excluding carboxylic acids is 1. The fourth-order valence-corrected chi connectivity index (χ4v) is 3.22. The quantitative estimate of drug-likeness (QED) is 0.365. The zero-order valence-corrected chi connectivity index (χ0v) is 16.7. The number of para-hydroxylation sites is 1. The Labute approximate surface area is 173 Å². The van der Waals surface area contributed by atoms with Crippen LogP contribution in [0.4, 0.5) is 5.69 Å². The minimum absolute atomic E-state index is 0.0274. The van der Waals surface area contributed by atoms with Gasteiger partial charge in [0, 0.05) is 7.11 Å². The molecule has 1 amide bonds. The van der Waals surface area contributed by atoms with Gasteiger partial charge in [-0.1, -0.05) is 18.2 Å². The first-order chi connectivity index (χ1) is 14.5. The molecule has 1 aromatic rings. The Morgan fingerprint density at radius 2 is 2.03 bits per heavy atom. The van der Waals surface area contributed by atoms with Crippen molar-refractivity contribution in [2.75, 3.05) is 25.3 Å². The normalized spacial score (nSPS) is 21.0. The molecule has 0 aromatic heterocycles. The summed E-state index contributed by atoms with van der Waals surface area (Å²) in [5.41, 5.74) is 0.590. The summed E-state index contributed by atoms with van der Waals surface area (Å²) >= 11 is 0. The molecule has 0 saturated carbocycles. The van der Waals surface area contributed by atoms with E-state index in [0.717, 1.165) is 5.01 Å². The average Bonchev–Trinajstić information content (AvgIpc) is 3.09. The van der Waals surface area contributed by atoms with E-state index in [0.29, 0.717) is 12.3 Å². The van der Waals surface area contributed by atoms with Gasteiger partial charge in [-0.05, 0) is 30.4 Å². The van der Waals surface area contributed by atoms with Crippen molar-refractivity contribution in [3.05, 3.63) is 54.3 Å². The molecule has 10 nitrogen and oxygen atoms in total. The SMILES string of the molecule is COCCOC1C=CC(N=NC2C(=O)N(c3ccccc3)N=C2C#N)=CC1=S(=O)=O. The second-order valence-electron chi connectivity index (χ2n) is 6.05. The van der Waals surface area contributed by atoms with Crippen LogP contribution >= 0.6 is 0 Å². The molecule has 0 bridgehead atoms. The van der Waals surface area contributed by atoms with E-state index >= 15 is 0 Å². The van der Waals surface area contributed by atoms with Crippen molar-refractivity contribution >= 4 is 32.5 Å². The van der Waals surface area contributed by atoms with Crippen LogP contribution in [0, 0.1) is 11.3 Å². The number of hydrazone groups is 1. The number of nitrogens with zero attached hydrogens (tertiary/aromatic N) is 5. The maximum absolute atomic E-state index is 12.7. The van der Waals surface area contributed by atoms with E-state index in [1.165, 1.54) is 25.3 Å². The topological polar surface area (TPSA) is 134 Å². The molecule has 154 valence electrons. The van der Waals surface area contributed by atoms with Crippen LogP contribution in [0.2, 0.25) is 0 Å². The van der Waals surface area contributed by atoms with Crippen molar-refractivity contribution in [2.45, 2.75) is 12.1 Å². The lowest BCUT2D eigenvalue weighted by atomic mass is 10.1. The first-order valence-corrected chi connectivity index (χ1v) is 9.87. The van der Waals surface area contributed by atoms with Crippen LogP contribution in [0.15, 0.2) is 69.6 Å². The highest BCUT2D eigenvalue weighted by atomic mass is 32.2. The van der Waals surface area contributed by atoms with Gasteiger partial charge in [-0.15, -0.1) is 0 Å². The van der Waals surface area contributed by atoms with Crippen LogP contribution in [0.5, 0.6) is 0 Å². The van der Waals surface area contributed by atoms with Crippen molar-refractivity contribution in [3.63, 3.8) is 0 Å². The van der Waals surface area contributed by atoms with Gasteiger partial charge >= 0.3 is 0 Å². The highest BCUT2D eigenvalue weighted by Gasteiger charge is 2.37. The van der Waals surface area contributed by atoms with E-state index in [-0.39, 0.29) is 22.9 Å². The third kappa shape index (κ3) is 4.74. The van der Waals surface area contributed by atoms with Crippen molar-refractivity contribution in [1.29, 1.82) is 5.26 Å². The van der Waals surface area contributed by atoms with Crippen molar-refractivity contribution in [3.8, 4) is 6.07 Å². The summed E-state index contributed by atoms with van der Waals surface area (Å²) in [5.74, 6) is -0.528. The molecule has 0 radical (unpaired) electrons. The van der Waals surface area contributed by atoms with Gasteiger partial charge in [-0.3, -0.25) is 4.79 Å². The predicted octanol–water partition coefficient (Wildman–Crippen LogP) is 1.27. The van der Waals surface area contributed by atoms with Gasteiger partial charge in [-0.25, -0.2) is 0 Å². The summed E-state index contributed by atoms with van der Waals surface area (Å²) in [4.78, 5) is 12.6. The number of carbonyl (C=O) groups is 1. The molecule has 0 spiro atoms. The summed E-state index contributed by atoms with van der Waals surface area (Å²) < 4.78 is 33.4. The van der Waals surface area contributed by atoms with Crippen LogP contribution < -0.4 is 5.01 Å². The molecule has 2 unspecified atom stereocenters. The molecular formula is C19H17N5O5S. The van der Waals surface area contributed by atoms with Crippen LogP contribution in [-0.4, -0.2) is 57.4 Å². The Balaban J connectivity index is 1.78. The van der Waals surface area contributed by atoms with E-state index in [1.807, 2.05) is 6.07 Å². The third-order valence-corrected chi connectivity index (χ3v) is 4.84. The van der Waals surface area contributed by atoms with Gasteiger partial charge in [0.15, 0.2) is 5.71 Å². The summed E-state index contributed by atoms with van der Waals surface area (Å²) in [6.07, 6.45) is 3.56. The minimum atomic E-state index is -2.54. The molecule has 0 fully saturated rings. The summed E-state index contributed by atoms with van der Waals surface area (Å²) in [6.45, 7) is 0.530.